The van der Waals surface area contributed by atoms with Gasteiger partial charge in [0.15, 0.2) is 0 Å². The van der Waals surface area contributed by atoms with Gasteiger partial charge in [-0.1, -0.05) is 50.8 Å². The molecule has 0 spiro atoms. The largest absolute Gasteiger partial charge is 0.494 e. The van der Waals surface area contributed by atoms with Crippen LogP contribution in [0.15, 0.2) is 73.4 Å². The molecule has 0 fully saturated rings. The minimum Gasteiger partial charge on any atom is -0.494 e. The number of nitrogens with one attached hydrogen (secondary N) is 2. The number of fused-ring (bicyclic) bond motifs is 1. The molecule has 1 amide bonds. The van der Waals surface area contributed by atoms with Crippen LogP contribution in [0.25, 0.3) is 16.8 Å². The van der Waals surface area contributed by atoms with E-state index in [1.807, 2.05) is 94.1 Å². The first-order chi connectivity index (χ1) is 18.4. The zero-order chi connectivity index (χ0) is 27.7. The van der Waals surface area contributed by atoms with Gasteiger partial charge in [-0.05, 0) is 38.4 Å². The van der Waals surface area contributed by atoms with Gasteiger partial charge < -0.3 is 25.2 Å². The van der Waals surface area contributed by atoms with Crippen LogP contribution in [-0.2, 0) is 4.79 Å². The molecule has 2 heterocycles. The van der Waals surface area contributed by atoms with Crippen molar-refractivity contribution in [1.29, 1.82) is 0 Å². The van der Waals surface area contributed by atoms with Crippen molar-refractivity contribution in [3.05, 3.63) is 73.4 Å². The molecule has 0 saturated carbocycles. The third-order valence-electron chi connectivity index (χ3n) is 5.77. The summed E-state index contributed by atoms with van der Waals surface area (Å²) in [5, 5.41) is 10.9. The van der Waals surface area contributed by atoms with Crippen molar-refractivity contribution in [3.8, 4) is 17.0 Å². The van der Waals surface area contributed by atoms with Crippen LogP contribution in [0.5, 0.6) is 5.75 Å². The fourth-order valence-electron chi connectivity index (χ4n) is 3.81. The summed E-state index contributed by atoms with van der Waals surface area (Å²) in [6, 6.07) is 17.8. The lowest BCUT2D eigenvalue weighted by atomic mass is 10.2. The molecule has 2 aromatic heterocycles. The van der Waals surface area contributed by atoms with E-state index in [1.165, 1.54) is 6.08 Å². The lowest BCUT2D eigenvalue weighted by Gasteiger charge is -2.25. The highest BCUT2D eigenvalue weighted by molar-refractivity contribution is 6.02. The highest BCUT2D eigenvalue weighted by Crippen LogP contribution is 2.38. The molecule has 200 valence electrons. The van der Waals surface area contributed by atoms with Crippen LogP contribution in [0.2, 0.25) is 0 Å². The van der Waals surface area contributed by atoms with E-state index in [9.17, 15) is 4.79 Å². The maximum atomic E-state index is 12.2. The molecule has 0 unspecified atom stereocenters. The normalized spacial score (nSPS) is 10.5. The van der Waals surface area contributed by atoms with E-state index in [0.717, 1.165) is 35.6 Å². The molecule has 9 nitrogen and oxygen atoms in total. The summed E-state index contributed by atoms with van der Waals surface area (Å²) in [5.74, 6) is 0.688. The molecule has 0 aliphatic rings. The third kappa shape index (κ3) is 6.68. The molecule has 0 saturated heterocycles. The zero-order valence-corrected chi connectivity index (χ0v) is 23.0. The van der Waals surface area contributed by atoms with E-state index in [4.69, 9.17) is 9.84 Å². The molecule has 38 heavy (non-hydrogen) atoms. The Bertz CT molecular complexity index is 1370. The van der Waals surface area contributed by atoms with Crippen molar-refractivity contribution >= 4 is 34.4 Å². The minimum atomic E-state index is -0.300. The predicted octanol–water partition coefficient (Wildman–Crippen LogP) is 5.30. The molecule has 0 aliphatic heterocycles. The lowest BCUT2D eigenvalue weighted by Crippen LogP contribution is -2.29. The first-order valence-corrected chi connectivity index (χ1v) is 12.6. The fourth-order valence-corrected chi connectivity index (χ4v) is 3.81. The average Bonchev–Trinajstić information content (AvgIpc) is 3.36. The number of methoxy groups -OCH3 is 1. The van der Waals surface area contributed by atoms with Gasteiger partial charge in [0.2, 0.25) is 11.9 Å². The third-order valence-corrected chi connectivity index (χ3v) is 5.77. The van der Waals surface area contributed by atoms with E-state index < -0.39 is 0 Å². The molecule has 0 radical (unpaired) electrons. The number of ether oxygens (including phenoxy) is 1. The fraction of sp³-hybridized carbons (Fsp3) is 0.276. The Kier molecular flexibility index (Phi) is 9.84. The smallest absolute Gasteiger partial charge is 0.247 e. The summed E-state index contributed by atoms with van der Waals surface area (Å²) in [7, 11) is 7.62. The number of carbonyl (C=O) groups excluding carboxylic acids is 1. The van der Waals surface area contributed by atoms with Gasteiger partial charge in [-0.2, -0.15) is 0 Å². The molecular weight excluding hydrogens is 478 g/mol. The zero-order valence-electron chi connectivity index (χ0n) is 23.0. The van der Waals surface area contributed by atoms with Crippen LogP contribution in [-0.4, -0.2) is 66.7 Å². The molecule has 9 heteroatoms. The second kappa shape index (κ2) is 13.3. The van der Waals surface area contributed by atoms with Crippen molar-refractivity contribution in [3.63, 3.8) is 0 Å². The van der Waals surface area contributed by atoms with Crippen molar-refractivity contribution in [2.75, 3.05) is 56.9 Å². The van der Waals surface area contributed by atoms with Crippen molar-refractivity contribution in [2.45, 2.75) is 13.8 Å². The molecule has 2 N–H and O–H groups in total. The van der Waals surface area contributed by atoms with Gasteiger partial charge in [0.05, 0.1) is 41.6 Å². The van der Waals surface area contributed by atoms with Gasteiger partial charge >= 0.3 is 0 Å². The van der Waals surface area contributed by atoms with Crippen LogP contribution in [0, 0.1) is 0 Å². The number of carbonyl (C=O) groups is 1. The Morgan fingerprint density at radius 2 is 1.79 bits per heavy atom. The maximum absolute atomic E-state index is 12.2. The first-order valence-electron chi connectivity index (χ1n) is 12.6. The van der Waals surface area contributed by atoms with Gasteiger partial charge in [-0.15, -0.1) is 5.10 Å². The second-order valence-corrected chi connectivity index (χ2v) is 8.62. The van der Waals surface area contributed by atoms with Gasteiger partial charge in [-0.25, -0.2) is 9.50 Å². The van der Waals surface area contributed by atoms with E-state index in [2.05, 4.69) is 32.0 Å². The quantitative estimate of drug-likeness (QED) is 0.277. The Hall–Kier alpha value is -4.37. The number of likely N-dealkylation sites (N-methyl/N-ethyl adjacent to an activating group) is 2. The maximum Gasteiger partial charge on any atom is 0.247 e. The summed E-state index contributed by atoms with van der Waals surface area (Å²) in [5.41, 5.74) is 4.95. The number of hydrogen-bond donors (Lipinski definition) is 2. The number of amides is 1. The summed E-state index contributed by atoms with van der Waals surface area (Å²) in [6.07, 6.45) is 3.01. The van der Waals surface area contributed by atoms with Gasteiger partial charge in [0, 0.05) is 31.8 Å². The number of nitrogens with zero attached hydrogens (tertiary/aromatic N) is 5. The molecule has 4 aromatic rings. The van der Waals surface area contributed by atoms with Crippen molar-refractivity contribution < 1.29 is 9.53 Å². The average molecular weight is 516 g/mol. The summed E-state index contributed by atoms with van der Waals surface area (Å²) in [6.45, 7) is 9.19. The Morgan fingerprint density at radius 1 is 1.05 bits per heavy atom. The molecule has 0 atom stereocenters. The summed E-state index contributed by atoms with van der Waals surface area (Å²) < 4.78 is 7.54. The minimum absolute atomic E-state index is 0.300. The highest BCUT2D eigenvalue weighted by Gasteiger charge is 2.17. The van der Waals surface area contributed by atoms with Crippen LogP contribution in [0.4, 0.5) is 23.0 Å². The Balaban J connectivity index is 0.00000195. The number of hydrogen-bond acceptors (Lipinski definition) is 7. The van der Waals surface area contributed by atoms with Crippen molar-refractivity contribution in [1.82, 2.24) is 19.5 Å². The molecular formula is C29H37N7O2. The summed E-state index contributed by atoms with van der Waals surface area (Å²) >= 11 is 0. The standard InChI is InChI=1S/C27H31N7O2.C2H6/c1-6-26(35)29-21-16-22(25(36-5)17-24(21)33(4)15-14-32(2)3)30-27-28-18-20-12-13-23(34(20)31-27)19-10-8-7-9-11-19;1-2/h6-13,16-18H,1,14-15H2,2-5H3,(H,29,35)(H,30,31);1-2H3. The van der Waals surface area contributed by atoms with E-state index in [1.54, 1.807) is 13.3 Å². The monoisotopic (exact) mass is 515 g/mol. The number of rotatable bonds is 10. The highest BCUT2D eigenvalue weighted by atomic mass is 16.5. The van der Waals surface area contributed by atoms with E-state index >= 15 is 0 Å². The topological polar surface area (TPSA) is 87.0 Å². The lowest BCUT2D eigenvalue weighted by molar-refractivity contribution is -0.111. The van der Waals surface area contributed by atoms with Gasteiger partial charge in [-0.3, -0.25) is 4.79 Å². The first kappa shape index (κ1) is 28.2. The van der Waals surface area contributed by atoms with Crippen LogP contribution in [0.1, 0.15) is 13.8 Å². The molecule has 4 rings (SSSR count). The van der Waals surface area contributed by atoms with Crippen LogP contribution in [0.3, 0.4) is 0 Å². The van der Waals surface area contributed by atoms with Gasteiger partial charge in [0.1, 0.15) is 5.75 Å². The van der Waals surface area contributed by atoms with Crippen molar-refractivity contribution in [2.24, 2.45) is 0 Å². The second-order valence-electron chi connectivity index (χ2n) is 8.62. The number of benzene rings is 2. The predicted molar refractivity (Wildman–Crippen MR) is 157 cm³/mol. The van der Waals surface area contributed by atoms with E-state index in [-0.39, 0.29) is 5.91 Å². The SMILES string of the molecule is C=CC(=O)Nc1cc(Nc2ncc3ccc(-c4ccccc4)n3n2)c(OC)cc1N(C)CCN(C)C.CC. The summed E-state index contributed by atoms with van der Waals surface area (Å²) in [4.78, 5) is 20.8. The number of anilines is 4. The van der Waals surface area contributed by atoms with E-state index in [0.29, 0.717) is 23.1 Å². The molecule has 0 bridgehead atoms. The Morgan fingerprint density at radius 3 is 2.45 bits per heavy atom. The molecule has 0 aliphatic carbocycles. The van der Waals surface area contributed by atoms with Crippen LogP contribution >= 0.6 is 0 Å². The van der Waals surface area contributed by atoms with Gasteiger partial charge in [0.25, 0.3) is 0 Å². The molecule has 2 aromatic carbocycles. The number of aromatic nitrogens is 3. The Labute approximate surface area is 224 Å². The van der Waals surface area contributed by atoms with Crippen LogP contribution < -0.4 is 20.3 Å².